The summed E-state index contributed by atoms with van der Waals surface area (Å²) in [5.74, 6) is -1.90. The second-order valence-electron chi connectivity index (χ2n) is 4.57. The van der Waals surface area contributed by atoms with E-state index >= 15 is 0 Å². The average Bonchev–Trinajstić information content (AvgIpc) is 2.42. The van der Waals surface area contributed by atoms with Gasteiger partial charge >= 0.3 is 11.9 Å². The minimum Gasteiger partial charge on any atom is -0.493 e. The number of hydrogen-bond acceptors (Lipinski definition) is 4. The molecular formula is C14H18O6. The predicted molar refractivity (Wildman–Crippen MR) is 71.0 cm³/mol. The maximum atomic E-state index is 10.6. The standard InChI is InChI=1S/C14H18O6/c1-9(13(15)16)7-19-11-3-5-12(6-4-11)20-8-10(2)14(17)18/h3-6,9-10H,7-8H2,1-2H3,(H,15,16)(H,17,18). The molecule has 0 fully saturated rings. The molecule has 0 aliphatic heterocycles. The molecule has 0 bridgehead atoms. The van der Waals surface area contributed by atoms with Crippen molar-refractivity contribution in [2.75, 3.05) is 13.2 Å². The Labute approximate surface area is 116 Å². The lowest BCUT2D eigenvalue weighted by atomic mass is 10.2. The van der Waals surface area contributed by atoms with Gasteiger partial charge in [0.25, 0.3) is 0 Å². The third kappa shape index (κ3) is 5.17. The van der Waals surface area contributed by atoms with Crippen molar-refractivity contribution in [2.24, 2.45) is 11.8 Å². The highest BCUT2D eigenvalue weighted by molar-refractivity contribution is 5.70. The second-order valence-corrected chi connectivity index (χ2v) is 4.57. The van der Waals surface area contributed by atoms with E-state index in [0.717, 1.165) is 0 Å². The molecule has 0 heterocycles. The fraction of sp³-hybridized carbons (Fsp3) is 0.429. The van der Waals surface area contributed by atoms with Crippen molar-refractivity contribution in [3.63, 3.8) is 0 Å². The van der Waals surface area contributed by atoms with Crippen LogP contribution >= 0.6 is 0 Å². The Balaban J connectivity index is 2.44. The summed E-state index contributed by atoms with van der Waals surface area (Å²) < 4.78 is 10.6. The van der Waals surface area contributed by atoms with Gasteiger partial charge in [-0.3, -0.25) is 9.59 Å². The number of carboxylic acid groups (broad SMARTS) is 2. The quantitative estimate of drug-likeness (QED) is 0.756. The van der Waals surface area contributed by atoms with E-state index in [9.17, 15) is 9.59 Å². The van der Waals surface area contributed by atoms with Gasteiger partial charge in [-0.1, -0.05) is 0 Å². The summed E-state index contributed by atoms with van der Waals surface area (Å²) in [6.45, 7) is 3.30. The lowest BCUT2D eigenvalue weighted by molar-refractivity contribution is -0.143. The van der Waals surface area contributed by atoms with Crippen molar-refractivity contribution in [2.45, 2.75) is 13.8 Å². The van der Waals surface area contributed by atoms with E-state index in [-0.39, 0.29) is 13.2 Å². The van der Waals surface area contributed by atoms with Crippen molar-refractivity contribution in [1.82, 2.24) is 0 Å². The number of ether oxygens (including phenoxy) is 2. The van der Waals surface area contributed by atoms with E-state index in [2.05, 4.69) is 0 Å². The van der Waals surface area contributed by atoms with E-state index in [0.29, 0.717) is 11.5 Å². The molecule has 2 N–H and O–H groups in total. The first-order valence-electron chi connectivity index (χ1n) is 6.21. The van der Waals surface area contributed by atoms with Crippen LogP contribution in [-0.4, -0.2) is 35.4 Å². The van der Waals surface area contributed by atoms with Crippen molar-refractivity contribution < 1.29 is 29.3 Å². The normalized spacial score (nSPS) is 13.3. The molecule has 0 spiro atoms. The molecule has 0 aliphatic rings. The van der Waals surface area contributed by atoms with Gasteiger partial charge in [-0.25, -0.2) is 0 Å². The maximum Gasteiger partial charge on any atom is 0.309 e. The minimum atomic E-state index is -0.910. The molecule has 0 aromatic heterocycles. The van der Waals surface area contributed by atoms with Crippen LogP contribution in [0.4, 0.5) is 0 Å². The monoisotopic (exact) mass is 282 g/mol. The smallest absolute Gasteiger partial charge is 0.309 e. The van der Waals surface area contributed by atoms with Gasteiger partial charge < -0.3 is 19.7 Å². The minimum absolute atomic E-state index is 0.0889. The van der Waals surface area contributed by atoms with Crippen LogP contribution in [0.25, 0.3) is 0 Å². The van der Waals surface area contributed by atoms with Crippen LogP contribution in [0.5, 0.6) is 11.5 Å². The Kier molecular flexibility index (Phi) is 5.83. The van der Waals surface area contributed by atoms with Crippen LogP contribution in [0.3, 0.4) is 0 Å². The number of benzene rings is 1. The van der Waals surface area contributed by atoms with Crippen LogP contribution in [0, 0.1) is 11.8 Å². The highest BCUT2D eigenvalue weighted by Gasteiger charge is 2.12. The number of carbonyl (C=O) groups is 2. The molecule has 1 aromatic rings. The molecule has 0 amide bonds. The SMILES string of the molecule is CC(COc1ccc(OCC(C)C(=O)O)cc1)C(=O)O. The molecule has 20 heavy (non-hydrogen) atoms. The predicted octanol–water partition coefficient (Wildman–Crippen LogP) is 1.89. The Bertz CT molecular complexity index is 410. The maximum absolute atomic E-state index is 10.6. The third-order valence-corrected chi connectivity index (χ3v) is 2.67. The fourth-order valence-electron chi connectivity index (χ4n) is 1.22. The zero-order chi connectivity index (χ0) is 15.1. The number of hydrogen-bond donors (Lipinski definition) is 2. The van der Waals surface area contributed by atoms with Gasteiger partial charge in [0, 0.05) is 0 Å². The summed E-state index contributed by atoms with van der Waals surface area (Å²) in [6.07, 6.45) is 0. The molecule has 0 aliphatic carbocycles. The van der Waals surface area contributed by atoms with Gasteiger partial charge in [0.05, 0.1) is 11.8 Å². The van der Waals surface area contributed by atoms with Crippen molar-refractivity contribution in [3.8, 4) is 11.5 Å². The number of carboxylic acids is 2. The summed E-state index contributed by atoms with van der Waals surface area (Å²) in [7, 11) is 0. The Morgan fingerprint density at radius 2 is 1.20 bits per heavy atom. The molecule has 0 saturated heterocycles. The summed E-state index contributed by atoms with van der Waals surface area (Å²) >= 11 is 0. The van der Waals surface area contributed by atoms with E-state index < -0.39 is 23.8 Å². The average molecular weight is 282 g/mol. The second kappa shape index (κ2) is 7.37. The van der Waals surface area contributed by atoms with Gasteiger partial charge in [0.2, 0.25) is 0 Å². The van der Waals surface area contributed by atoms with Gasteiger partial charge in [0.1, 0.15) is 24.7 Å². The lowest BCUT2D eigenvalue weighted by Gasteiger charge is -2.11. The van der Waals surface area contributed by atoms with Gasteiger partial charge in [-0.2, -0.15) is 0 Å². The molecule has 2 unspecified atom stereocenters. The Morgan fingerprint density at radius 1 is 0.900 bits per heavy atom. The molecular weight excluding hydrogens is 264 g/mol. The topological polar surface area (TPSA) is 93.1 Å². The molecule has 6 nitrogen and oxygen atoms in total. The van der Waals surface area contributed by atoms with E-state index in [1.165, 1.54) is 0 Å². The molecule has 0 radical (unpaired) electrons. The van der Waals surface area contributed by atoms with Crippen LogP contribution in [0.2, 0.25) is 0 Å². The van der Waals surface area contributed by atoms with E-state index in [4.69, 9.17) is 19.7 Å². The van der Waals surface area contributed by atoms with E-state index in [1.54, 1.807) is 38.1 Å². The van der Waals surface area contributed by atoms with Gasteiger partial charge in [-0.15, -0.1) is 0 Å². The largest absolute Gasteiger partial charge is 0.493 e. The summed E-state index contributed by atoms with van der Waals surface area (Å²) in [6, 6.07) is 6.59. The molecule has 1 rings (SSSR count). The number of rotatable bonds is 8. The summed E-state index contributed by atoms with van der Waals surface area (Å²) in [5.41, 5.74) is 0. The summed E-state index contributed by atoms with van der Waals surface area (Å²) in [4.78, 5) is 21.3. The highest BCUT2D eigenvalue weighted by atomic mass is 16.5. The first kappa shape index (κ1) is 15.8. The van der Waals surface area contributed by atoms with Crippen LogP contribution in [-0.2, 0) is 9.59 Å². The fourth-order valence-corrected chi connectivity index (χ4v) is 1.22. The molecule has 0 saturated carbocycles. The van der Waals surface area contributed by atoms with E-state index in [1.807, 2.05) is 0 Å². The number of aliphatic carboxylic acids is 2. The Hall–Kier alpha value is -2.24. The third-order valence-electron chi connectivity index (χ3n) is 2.67. The summed E-state index contributed by atoms with van der Waals surface area (Å²) in [5, 5.41) is 17.4. The van der Waals surface area contributed by atoms with Crippen molar-refractivity contribution in [3.05, 3.63) is 24.3 Å². The zero-order valence-corrected chi connectivity index (χ0v) is 11.4. The van der Waals surface area contributed by atoms with Gasteiger partial charge in [0.15, 0.2) is 0 Å². The molecule has 2 atom stereocenters. The van der Waals surface area contributed by atoms with Crippen LogP contribution in [0.1, 0.15) is 13.8 Å². The zero-order valence-electron chi connectivity index (χ0n) is 11.4. The van der Waals surface area contributed by atoms with Crippen molar-refractivity contribution >= 4 is 11.9 Å². The molecule has 1 aromatic carbocycles. The first-order chi connectivity index (χ1) is 9.40. The first-order valence-corrected chi connectivity index (χ1v) is 6.21. The highest BCUT2D eigenvalue weighted by Crippen LogP contribution is 2.18. The van der Waals surface area contributed by atoms with Crippen LogP contribution < -0.4 is 9.47 Å². The lowest BCUT2D eigenvalue weighted by Crippen LogP contribution is -2.18. The molecule has 110 valence electrons. The van der Waals surface area contributed by atoms with Gasteiger partial charge in [-0.05, 0) is 38.1 Å². The van der Waals surface area contributed by atoms with Crippen LogP contribution in [0.15, 0.2) is 24.3 Å². The Morgan fingerprint density at radius 3 is 1.45 bits per heavy atom. The molecule has 6 heteroatoms. The van der Waals surface area contributed by atoms with Crippen molar-refractivity contribution in [1.29, 1.82) is 0 Å².